The van der Waals surface area contributed by atoms with E-state index in [1.54, 1.807) is 18.2 Å². The molecule has 112 valence electrons. The molecule has 0 spiro atoms. The Hall–Kier alpha value is -1.99. The number of carbonyl (C=O) groups is 1. The quantitative estimate of drug-likeness (QED) is 0.737. The molecule has 2 aromatic carbocycles. The van der Waals surface area contributed by atoms with Gasteiger partial charge in [-0.15, -0.1) is 0 Å². The minimum atomic E-state index is -0.404. The number of fused-ring (bicyclic) bond motifs is 1. The van der Waals surface area contributed by atoms with Gasteiger partial charge in [0.2, 0.25) is 0 Å². The van der Waals surface area contributed by atoms with Crippen molar-refractivity contribution in [2.75, 3.05) is 11.9 Å². The smallest absolute Gasteiger partial charge is 0.264 e. The fourth-order valence-corrected chi connectivity index (χ4v) is 3.12. The normalized spacial score (nSPS) is 10.6. The standard InChI is InChI=1S/C15H10BrFN2O2S/c16-9-4-1-2-6-11(9)21-8-13(20)18-15-19-14-10(17)5-3-7-12(14)22-15/h1-7H,8H2,(H,18,19,20). The fourth-order valence-electron chi connectivity index (χ4n) is 1.83. The molecule has 0 bridgehead atoms. The molecule has 0 saturated heterocycles. The van der Waals surface area contributed by atoms with Crippen LogP contribution in [-0.4, -0.2) is 17.5 Å². The second kappa shape index (κ2) is 6.41. The molecule has 1 N–H and O–H groups in total. The van der Waals surface area contributed by atoms with E-state index < -0.39 is 5.82 Å². The van der Waals surface area contributed by atoms with Crippen LogP contribution in [0.3, 0.4) is 0 Å². The number of rotatable bonds is 4. The molecular weight excluding hydrogens is 371 g/mol. The van der Waals surface area contributed by atoms with E-state index in [-0.39, 0.29) is 18.0 Å². The Morgan fingerprint density at radius 2 is 2.09 bits per heavy atom. The lowest BCUT2D eigenvalue weighted by Crippen LogP contribution is -2.20. The molecule has 0 atom stereocenters. The van der Waals surface area contributed by atoms with E-state index in [1.165, 1.54) is 17.4 Å². The molecule has 4 nitrogen and oxygen atoms in total. The van der Waals surface area contributed by atoms with Gasteiger partial charge in [0.25, 0.3) is 5.91 Å². The van der Waals surface area contributed by atoms with Crippen LogP contribution in [0.1, 0.15) is 0 Å². The molecule has 0 saturated carbocycles. The molecule has 0 unspecified atom stereocenters. The van der Waals surface area contributed by atoms with Gasteiger partial charge in [-0.05, 0) is 40.2 Å². The summed E-state index contributed by atoms with van der Waals surface area (Å²) in [5.41, 5.74) is 0.259. The second-order valence-corrected chi connectivity index (χ2v) is 6.26. The van der Waals surface area contributed by atoms with Crippen molar-refractivity contribution in [3.8, 4) is 5.75 Å². The Morgan fingerprint density at radius 1 is 1.27 bits per heavy atom. The summed E-state index contributed by atoms with van der Waals surface area (Å²) in [6.45, 7) is -0.152. The summed E-state index contributed by atoms with van der Waals surface area (Å²) in [4.78, 5) is 16.0. The van der Waals surface area contributed by atoms with Crippen molar-refractivity contribution in [1.29, 1.82) is 0 Å². The van der Waals surface area contributed by atoms with Gasteiger partial charge in [-0.25, -0.2) is 9.37 Å². The largest absolute Gasteiger partial charge is 0.483 e. The summed E-state index contributed by atoms with van der Waals surface area (Å²) in [5, 5.41) is 2.96. The third kappa shape index (κ3) is 3.26. The highest BCUT2D eigenvalue weighted by Gasteiger charge is 2.11. The highest BCUT2D eigenvalue weighted by atomic mass is 79.9. The molecule has 3 aromatic rings. The SMILES string of the molecule is O=C(COc1ccccc1Br)Nc1nc2c(F)cccc2s1. The highest BCUT2D eigenvalue weighted by molar-refractivity contribution is 9.10. The van der Waals surface area contributed by atoms with Crippen LogP contribution in [0.4, 0.5) is 9.52 Å². The van der Waals surface area contributed by atoms with E-state index in [0.29, 0.717) is 15.6 Å². The third-order valence-electron chi connectivity index (χ3n) is 2.81. The lowest BCUT2D eigenvalue weighted by Gasteiger charge is -2.07. The van der Waals surface area contributed by atoms with Gasteiger partial charge < -0.3 is 4.74 Å². The third-order valence-corrected chi connectivity index (χ3v) is 4.40. The van der Waals surface area contributed by atoms with Crippen LogP contribution in [-0.2, 0) is 4.79 Å². The van der Waals surface area contributed by atoms with Crippen LogP contribution in [0, 0.1) is 5.82 Å². The van der Waals surface area contributed by atoms with E-state index in [4.69, 9.17) is 4.74 Å². The summed E-state index contributed by atoms with van der Waals surface area (Å²) >= 11 is 4.55. The number of para-hydroxylation sites is 2. The van der Waals surface area contributed by atoms with Crippen LogP contribution in [0.5, 0.6) is 5.75 Å². The molecular formula is C15H10BrFN2O2S. The van der Waals surface area contributed by atoms with Crippen molar-refractivity contribution in [2.24, 2.45) is 0 Å². The average Bonchev–Trinajstić information content (AvgIpc) is 2.90. The Labute approximate surface area is 138 Å². The summed E-state index contributed by atoms with van der Waals surface area (Å²) in [6.07, 6.45) is 0. The number of carbonyl (C=O) groups excluding carboxylic acids is 1. The maximum absolute atomic E-state index is 13.6. The van der Waals surface area contributed by atoms with Crippen LogP contribution in [0.2, 0.25) is 0 Å². The maximum atomic E-state index is 13.6. The summed E-state index contributed by atoms with van der Waals surface area (Å²) in [6, 6.07) is 11.9. The zero-order chi connectivity index (χ0) is 15.5. The minimum absolute atomic E-state index is 0.152. The van der Waals surface area contributed by atoms with Crippen LogP contribution in [0.25, 0.3) is 10.2 Å². The molecule has 22 heavy (non-hydrogen) atoms. The van der Waals surface area contributed by atoms with Crippen molar-refractivity contribution in [3.05, 3.63) is 52.8 Å². The van der Waals surface area contributed by atoms with Crippen LogP contribution < -0.4 is 10.1 Å². The first-order chi connectivity index (χ1) is 10.6. The number of ether oxygens (including phenoxy) is 1. The van der Waals surface area contributed by atoms with Gasteiger partial charge in [0.15, 0.2) is 11.7 Å². The Morgan fingerprint density at radius 3 is 2.86 bits per heavy atom. The Bertz CT molecular complexity index is 837. The first-order valence-electron chi connectivity index (χ1n) is 6.36. The van der Waals surface area contributed by atoms with Crippen LogP contribution in [0.15, 0.2) is 46.9 Å². The van der Waals surface area contributed by atoms with Gasteiger partial charge in [0.1, 0.15) is 17.1 Å². The Kier molecular flexibility index (Phi) is 4.35. The number of aromatic nitrogens is 1. The van der Waals surface area contributed by atoms with E-state index in [2.05, 4.69) is 26.2 Å². The van der Waals surface area contributed by atoms with E-state index >= 15 is 0 Å². The number of halogens is 2. The lowest BCUT2D eigenvalue weighted by atomic mass is 10.3. The summed E-state index contributed by atoms with van der Waals surface area (Å²) < 4.78 is 20.4. The molecule has 0 aliphatic heterocycles. The predicted molar refractivity (Wildman–Crippen MR) is 87.8 cm³/mol. The first kappa shape index (κ1) is 14.9. The first-order valence-corrected chi connectivity index (χ1v) is 7.96. The van der Waals surface area contributed by atoms with Gasteiger partial charge in [-0.3, -0.25) is 10.1 Å². The van der Waals surface area contributed by atoms with Crippen molar-refractivity contribution < 1.29 is 13.9 Å². The number of hydrogen-bond donors (Lipinski definition) is 1. The second-order valence-electron chi connectivity index (χ2n) is 4.37. The van der Waals surface area contributed by atoms with Gasteiger partial charge in [0.05, 0.1) is 9.17 Å². The zero-order valence-electron chi connectivity index (χ0n) is 11.2. The molecule has 0 fully saturated rings. The topological polar surface area (TPSA) is 51.2 Å². The lowest BCUT2D eigenvalue weighted by molar-refractivity contribution is -0.118. The highest BCUT2D eigenvalue weighted by Crippen LogP contribution is 2.27. The Balaban J connectivity index is 1.66. The molecule has 0 aliphatic carbocycles. The molecule has 7 heteroatoms. The molecule has 0 radical (unpaired) electrons. The number of amides is 1. The van der Waals surface area contributed by atoms with Crippen molar-refractivity contribution in [2.45, 2.75) is 0 Å². The van der Waals surface area contributed by atoms with Gasteiger partial charge in [-0.1, -0.05) is 29.5 Å². The molecule has 1 heterocycles. The maximum Gasteiger partial charge on any atom is 0.264 e. The predicted octanol–water partition coefficient (Wildman–Crippen LogP) is 4.22. The number of nitrogens with zero attached hydrogens (tertiary/aromatic N) is 1. The average molecular weight is 381 g/mol. The number of hydrogen-bond acceptors (Lipinski definition) is 4. The number of anilines is 1. The van der Waals surface area contributed by atoms with Crippen molar-refractivity contribution in [3.63, 3.8) is 0 Å². The van der Waals surface area contributed by atoms with Gasteiger partial charge >= 0.3 is 0 Å². The van der Waals surface area contributed by atoms with E-state index in [1.807, 2.05) is 18.2 Å². The number of thiazole rings is 1. The molecule has 1 aromatic heterocycles. The van der Waals surface area contributed by atoms with Gasteiger partial charge in [0, 0.05) is 0 Å². The van der Waals surface area contributed by atoms with Crippen molar-refractivity contribution in [1.82, 2.24) is 4.98 Å². The van der Waals surface area contributed by atoms with E-state index in [9.17, 15) is 9.18 Å². The monoisotopic (exact) mass is 380 g/mol. The fraction of sp³-hybridized carbons (Fsp3) is 0.0667. The van der Waals surface area contributed by atoms with E-state index in [0.717, 1.165) is 4.47 Å². The van der Waals surface area contributed by atoms with Crippen molar-refractivity contribution >= 4 is 48.5 Å². The zero-order valence-corrected chi connectivity index (χ0v) is 13.6. The molecule has 1 amide bonds. The number of nitrogens with one attached hydrogen (secondary N) is 1. The van der Waals surface area contributed by atoms with Crippen LogP contribution >= 0.6 is 27.3 Å². The minimum Gasteiger partial charge on any atom is -0.483 e. The molecule has 3 rings (SSSR count). The summed E-state index contributed by atoms with van der Waals surface area (Å²) in [5.74, 6) is -0.179. The van der Waals surface area contributed by atoms with Gasteiger partial charge in [-0.2, -0.15) is 0 Å². The summed E-state index contributed by atoms with van der Waals surface area (Å²) in [7, 11) is 0. The molecule has 0 aliphatic rings. The number of benzene rings is 2.